The van der Waals surface area contributed by atoms with Gasteiger partial charge in [0.1, 0.15) is 6.61 Å². The van der Waals surface area contributed by atoms with E-state index in [4.69, 9.17) is 4.74 Å². The van der Waals surface area contributed by atoms with Gasteiger partial charge in [0.25, 0.3) is 0 Å². The van der Waals surface area contributed by atoms with Gasteiger partial charge in [-0.1, -0.05) is 74.0 Å². The average Bonchev–Trinajstić information content (AvgIpc) is 2.60. The van der Waals surface area contributed by atoms with E-state index in [0.717, 1.165) is 12.0 Å². The van der Waals surface area contributed by atoms with E-state index in [1.165, 1.54) is 0 Å². The van der Waals surface area contributed by atoms with Crippen LogP contribution >= 0.6 is 7.37 Å². The van der Waals surface area contributed by atoms with Crippen LogP contribution in [0.2, 0.25) is 0 Å². The van der Waals surface area contributed by atoms with Gasteiger partial charge in [0, 0.05) is 6.16 Å². The van der Waals surface area contributed by atoms with Crippen LogP contribution in [0.3, 0.4) is 0 Å². The van der Waals surface area contributed by atoms with Crippen molar-refractivity contribution in [2.24, 2.45) is 0 Å². The van der Waals surface area contributed by atoms with Crippen molar-refractivity contribution in [1.29, 1.82) is 0 Å². The third kappa shape index (κ3) is 5.05. The monoisotopic (exact) mass is 346 g/mol. The molecule has 1 N–H and O–H groups in total. The highest BCUT2D eigenvalue weighted by Crippen LogP contribution is 2.56. The van der Waals surface area contributed by atoms with E-state index in [0.29, 0.717) is 12.0 Å². The van der Waals surface area contributed by atoms with E-state index in [1.807, 2.05) is 43.3 Å². The Labute approximate surface area is 142 Å². The van der Waals surface area contributed by atoms with Crippen molar-refractivity contribution < 1.29 is 19.0 Å². The molecule has 24 heavy (non-hydrogen) atoms. The number of ether oxygens (including phenoxy) is 1. The molecule has 0 saturated heterocycles. The van der Waals surface area contributed by atoms with Gasteiger partial charge in [-0.2, -0.15) is 0 Å². The maximum Gasteiger partial charge on any atom is 0.323 e. The average molecular weight is 346 g/mol. The second-order valence-corrected chi connectivity index (χ2v) is 8.21. The van der Waals surface area contributed by atoms with E-state index in [1.54, 1.807) is 24.3 Å². The molecule has 0 spiro atoms. The standard InChI is InChI=1S/C19H23O4P/c1-2-3-14-24(21,22)18(17-12-8-5-9-13-17)19(20)23-15-16-10-6-4-7-11-16/h4-13,18H,2-3,14-15H2,1H3,(H,21,22). The van der Waals surface area contributed by atoms with Crippen LogP contribution < -0.4 is 0 Å². The molecule has 2 rings (SSSR count). The Bertz CT molecular complexity index is 685. The van der Waals surface area contributed by atoms with Gasteiger partial charge < -0.3 is 9.63 Å². The highest BCUT2D eigenvalue weighted by Gasteiger charge is 2.39. The van der Waals surface area contributed by atoms with Gasteiger partial charge in [-0.15, -0.1) is 0 Å². The minimum absolute atomic E-state index is 0.0940. The molecule has 0 aliphatic heterocycles. The van der Waals surface area contributed by atoms with Gasteiger partial charge in [-0.05, 0) is 17.5 Å². The second-order valence-electron chi connectivity index (χ2n) is 5.74. The van der Waals surface area contributed by atoms with E-state index >= 15 is 0 Å². The lowest BCUT2D eigenvalue weighted by Crippen LogP contribution is -2.18. The Kier molecular flexibility index (Phi) is 6.77. The summed E-state index contributed by atoms with van der Waals surface area (Å²) in [5, 5.41) is 0. The van der Waals surface area contributed by atoms with Gasteiger partial charge in [0.05, 0.1) is 0 Å². The van der Waals surface area contributed by atoms with Crippen LogP contribution in [0.5, 0.6) is 0 Å². The number of benzene rings is 2. The van der Waals surface area contributed by atoms with Crippen LogP contribution in [-0.4, -0.2) is 17.0 Å². The number of hydrogen-bond acceptors (Lipinski definition) is 3. The molecule has 0 bridgehead atoms. The SMILES string of the molecule is CCCCP(=O)(O)C(C(=O)OCc1ccccc1)c1ccccc1. The van der Waals surface area contributed by atoms with E-state index < -0.39 is 19.0 Å². The smallest absolute Gasteiger partial charge is 0.323 e. The number of carbonyl (C=O) groups is 1. The lowest BCUT2D eigenvalue weighted by Gasteiger charge is -2.22. The van der Waals surface area contributed by atoms with Gasteiger partial charge >= 0.3 is 5.97 Å². The molecule has 0 saturated carbocycles. The van der Waals surface area contributed by atoms with Crippen molar-refractivity contribution in [3.8, 4) is 0 Å². The number of hydrogen-bond donors (Lipinski definition) is 1. The molecule has 4 nitrogen and oxygen atoms in total. The van der Waals surface area contributed by atoms with E-state index in [9.17, 15) is 14.3 Å². The molecule has 128 valence electrons. The summed E-state index contributed by atoms with van der Waals surface area (Å²) in [6.07, 6.45) is 1.51. The Morgan fingerprint density at radius 2 is 1.67 bits per heavy atom. The van der Waals surface area contributed by atoms with Crippen molar-refractivity contribution in [2.45, 2.75) is 32.0 Å². The Morgan fingerprint density at radius 3 is 2.25 bits per heavy atom. The van der Waals surface area contributed by atoms with E-state index in [-0.39, 0.29) is 12.8 Å². The number of rotatable bonds is 8. The lowest BCUT2D eigenvalue weighted by molar-refractivity contribution is -0.144. The van der Waals surface area contributed by atoms with Crippen LogP contribution in [0.4, 0.5) is 0 Å². The van der Waals surface area contributed by atoms with Crippen molar-refractivity contribution in [2.75, 3.05) is 6.16 Å². The summed E-state index contributed by atoms with van der Waals surface area (Å²) in [5.74, 6) is -0.646. The number of unbranched alkanes of at least 4 members (excludes halogenated alkanes) is 1. The molecule has 0 fully saturated rings. The largest absolute Gasteiger partial charge is 0.460 e. The normalized spacial score (nSPS) is 14.6. The number of esters is 1. The van der Waals surface area contributed by atoms with E-state index in [2.05, 4.69) is 0 Å². The fourth-order valence-electron chi connectivity index (χ4n) is 2.49. The minimum Gasteiger partial charge on any atom is -0.460 e. The summed E-state index contributed by atoms with van der Waals surface area (Å²) in [4.78, 5) is 23.1. The zero-order valence-electron chi connectivity index (χ0n) is 13.8. The molecule has 0 heterocycles. The molecular weight excluding hydrogens is 323 g/mol. The second kappa shape index (κ2) is 8.81. The van der Waals surface area contributed by atoms with Gasteiger partial charge in [-0.25, -0.2) is 0 Å². The summed E-state index contributed by atoms with van der Waals surface area (Å²) in [6, 6.07) is 18.0. The summed E-state index contributed by atoms with van der Waals surface area (Å²) < 4.78 is 18.1. The molecule has 2 aromatic carbocycles. The topological polar surface area (TPSA) is 63.6 Å². The van der Waals surface area contributed by atoms with Crippen LogP contribution in [0.15, 0.2) is 60.7 Å². The molecule has 5 heteroatoms. The van der Waals surface area contributed by atoms with Crippen LogP contribution in [0.25, 0.3) is 0 Å². The Morgan fingerprint density at radius 1 is 1.08 bits per heavy atom. The summed E-state index contributed by atoms with van der Waals surface area (Å²) in [5.41, 5.74) is 0.241. The molecule has 0 aliphatic carbocycles. The van der Waals surface area contributed by atoms with Crippen molar-refractivity contribution in [3.05, 3.63) is 71.8 Å². The minimum atomic E-state index is -3.69. The fourth-order valence-corrected chi connectivity index (χ4v) is 4.56. The molecule has 2 atom stereocenters. The van der Waals surface area contributed by atoms with Crippen LogP contribution in [0, 0.1) is 0 Å². The molecule has 0 aliphatic rings. The Hall–Kier alpha value is -1.90. The Balaban J connectivity index is 2.19. The molecule has 0 radical (unpaired) electrons. The zero-order chi connectivity index (χ0) is 17.4. The third-order valence-corrected chi connectivity index (χ3v) is 6.07. The first-order valence-corrected chi connectivity index (χ1v) is 10.0. The molecule has 2 unspecified atom stereocenters. The molecular formula is C19H23O4P. The lowest BCUT2D eigenvalue weighted by atomic mass is 10.1. The highest BCUT2D eigenvalue weighted by atomic mass is 31.2. The van der Waals surface area contributed by atoms with Gasteiger partial charge in [0.15, 0.2) is 5.66 Å². The summed E-state index contributed by atoms with van der Waals surface area (Å²) in [6.45, 7) is 2.04. The third-order valence-electron chi connectivity index (χ3n) is 3.80. The molecule has 2 aromatic rings. The van der Waals surface area contributed by atoms with Gasteiger partial charge in [-0.3, -0.25) is 9.36 Å². The maximum absolute atomic E-state index is 12.8. The summed E-state index contributed by atoms with van der Waals surface area (Å²) in [7, 11) is -3.69. The molecule has 0 amide bonds. The van der Waals surface area contributed by atoms with Crippen molar-refractivity contribution in [1.82, 2.24) is 0 Å². The first-order chi connectivity index (χ1) is 11.5. The van der Waals surface area contributed by atoms with Crippen LogP contribution in [0.1, 0.15) is 36.6 Å². The molecule has 0 aromatic heterocycles. The maximum atomic E-state index is 12.8. The highest BCUT2D eigenvalue weighted by molar-refractivity contribution is 7.59. The quantitative estimate of drug-likeness (QED) is 0.563. The predicted octanol–water partition coefficient (Wildman–Crippen LogP) is 4.54. The first kappa shape index (κ1) is 18.4. The predicted molar refractivity (Wildman–Crippen MR) is 95.0 cm³/mol. The van der Waals surface area contributed by atoms with Crippen molar-refractivity contribution in [3.63, 3.8) is 0 Å². The summed E-state index contributed by atoms with van der Waals surface area (Å²) >= 11 is 0. The zero-order valence-corrected chi connectivity index (χ0v) is 14.7. The van der Waals surface area contributed by atoms with Crippen LogP contribution in [-0.2, 0) is 20.7 Å². The number of carbonyl (C=O) groups excluding carboxylic acids is 1. The van der Waals surface area contributed by atoms with Gasteiger partial charge in [0.2, 0.25) is 7.37 Å². The first-order valence-electron chi connectivity index (χ1n) is 8.11. The van der Waals surface area contributed by atoms with Crippen molar-refractivity contribution >= 4 is 13.3 Å². The fraction of sp³-hybridized carbons (Fsp3) is 0.316.